The molecule has 0 amide bonds. The van der Waals surface area contributed by atoms with E-state index in [0.717, 1.165) is 15.8 Å². The number of nitro benzene ring substituents is 1. The first kappa shape index (κ1) is 20.7. The Morgan fingerprint density at radius 3 is 2.47 bits per heavy atom. The molecule has 1 unspecified atom stereocenters. The number of nitrogens with zero attached hydrogens (tertiary/aromatic N) is 2. The van der Waals surface area contributed by atoms with Crippen molar-refractivity contribution in [3.63, 3.8) is 0 Å². The van der Waals surface area contributed by atoms with Crippen molar-refractivity contribution >= 4 is 34.3 Å². The minimum absolute atomic E-state index is 0.140. The van der Waals surface area contributed by atoms with Gasteiger partial charge in [0.15, 0.2) is 0 Å². The van der Waals surface area contributed by atoms with Crippen LogP contribution >= 0.6 is 11.8 Å². The minimum atomic E-state index is -0.304. The molecule has 0 aliphatic carbocycles. The number of thioether (sulfide) groups is 1. The molecule has 0 aromatic heterocycles. The molecule has 1 fully saturated rings. The summed E-state index contributed by atoms with van der Waals surface area (Å²) >= 11 is 1.82. The van der Waals surface area contributed by atoms with Gasteiger partial charge in [0, 0.05) is 34.5 Å². The fourth-order valence-corrected chi connectivity index (χ4v) is 6.55. The highest BCUT2D eigenvalue weighted by Gasteiger charge is 2.57. The van der Waals surface area contributed by atoms with Crippen molar-refractivity contribution in [1.82, 2.24) is 4.90 Å². The van der Waals surface area contributed by atoms with Crippen LogP contribution in [0.5, 0.6) is 0 Å². The van der Waals surface area contributed by atoms with Crippen LogP contribution in [-0.4, -0.2) is 21.7 Å². The Balaban J connectivity index is 1.97. The predicted molar refractivity (Wildman–Crippen MR) is 126 cm³/mol. The first-order chi connectivity index (χ1) is 14.1. The number of rotatable bonds is 2. The molecule has 1 atom stereocenters. The van der Waals surface area contributed by atoms with Crippen molar-refractivity contribution in [1.29, 1.82) is 0 Å². The number of nitro groups is 1. The second-order valence-electron chi connectivity index (χ2n) is 8.93. The van der Waals surface area contributed by atoms with Gasteiger partial charge in [0.25, 0.3) is 5.69 Å². The van der Waals surface area contributed by atoms with Crippen LogP contribution in [0.2, 0.25) is 0 Å². The zero-order valence-electron chi connectivity index (χ0n) is 18.4. The van der Waals surface area contributed by atoms with Gasteiger partial charge in [-0.15, -0.1) is 0 Å². The maximum Gasteiger partial charge on any atom is 0.277 e. The molecule has 4 rings (SSSR count). The van der Waals surface area contributed by atoms with Crippen LogP contribution in [0.25, 0.3) is 16.8 Å². The Morgan fingerprint density at radius 2 is 1.87 bits per heavy atom. The van der Waals surface area contributed by atoms with Crippen LogP contribution < -0.4 is 0 Å². The monoisotopic (exact) mass is 420 g/mol. The average molecular weight is 421 g/mol. The van der Waals surface area contributed by atoms with Gasteiger partial charge in [-0.05, 0) is 36.1 Å². The van der Waals surface area contributed by atoms with E-state index >= 15 is 0 Å². The molecular formula is C25H28N2O2S. The van der Waals surface area contributed by atoms with Crippen molar-refractivity contribution in [2.24, 2.45) is 11.3 Å². The lowest BCUT2D eigenvalue weighted by atomic mass is 9.78. The molecule has 2 aliphatic heterocycles. The van der Waals surface area contributed by atoms with Crippen LogP contribution in [-0.2, 0) is 0 Å². The highest BCUT2D eigenvalue weighted by molar-refractivity contribution is 8.01. The Kier molecular flexibility index (Phi) is 4.85. The molecule has 1 saturated heterocycles. The quantitative estimate of drug-likeness (QED) is 0.387. The zero-order valence-corrected chi connectivity index (χ0v) is 19.2. The van der Waals surface area contributed by atoms with E-state index in [1.54, 1.807) is 6.07 Å². The lowest BCUT2D eigenvalue weighted by molar-refractivity contribution is -0.383. The summed E-state index contributed by atoms with van der Waals surface area (Å²) in [6.07, 6.45) is 8.89. The topological polar surface area (TPSA) is 46.4 Å². The fourth-order valence-electron chi connectivity index (χ4n) is 4.97. The zero-order chi connectivity index (χ0) is 21.8. The molecule has 0 saturated carbocycles. The summed E-state index contributed by atoms with van der Waals surface area (Å²) in [5.41, 5.74) is 3.55. The Bertz CT molecular complexity index is 1140. The average Bonchev–Trinajstić information content (AvgIpc) is 2.84. The molecule has 2 aromatic carbocycles. The Labute approximate surface area is 182 Å². The normalized spacial score (nSPS) is 25.1. The molecular weight excluding hydrogens is 392 g/mol. The summed E-state index contributed by atoms with van der Waals surface area (Å²) in [4.78, 5) is 14.6. The van der Waals surface area contributed by atoms with E-state index in [-0.39, 0.29) is 20.9 Å². The number of non-ortho nitro benzene ring substituents is 1. The first-order valence-corrected chi connectivity index (χ1v) is 11.2. The molecule has 2 heterocycles. The standard InChI is InChI=1S/C25H28N2O2S/c1-7-20-22(14-16(2)3)26(6)25(24(20,4)5)13-12-17-15-21(27(28)29)18-10-8-9-11-19(18)23(17)30-25/h7-16H,1-6H3/b20-7+,22-14+. The van der Waals surface area contributed by atoms with Crippen molar-refractivity contribution in [2.45, 2.75) is 44.4 Å². The molecule has 1 spiro atoms. The van der Waals surface area contributed by atoms with Gasteiger partial charge in [0.1, 0.15) is 4.87 Å². The maximum atomic E-state index is 11.7. The van der Waals surface area contributed by atoms with E-state index in [0.29, 0.717) is 11.3 Å². The molecule has 0 radical (unpaired) electrons. The van der Waals surface area contributed by atoms with Gasteiger partial charge < -0.3 is 4.90 Å². The van der Waals surface area contributed by atoms with Crippen LogP contribution in [0.15, 0.2) is 64.7 Å². The number of hydrogen-bond donors (Lipinski definition) is 0. The molecule has 30 heavy (non-hydrogen) atoms. The Morgan fingerprint density at radius 1 is 1.20 bits per heavy atom. The van der Waals surface area contributed by atoms with E-state index < -0.39 is 0 Å². The van der Waals surface area contributed by atoms with E-state index in [1.807, 2.05) is 36.0 Å². The van der Waals surface area contributed by atoms with Gasteiger partial charge in [0.05, 0.1) is 10.3 Å². The molecule has 4 nitrogen and oxygen atoms in total. The largest absolute Gasteiger partial charge is 0.356 e. The number of likely N-dealkylation sites (tertiary alicyclic amines) is 1. The molecule has 2 aromatic rings. The van der Waals surface area contributed by atoms with Crippen molar-refractivity contribution < 1.29 is 4.92 Å². The number of hydrogen-bond acceptors (Lipinski definition) is 4. The highest BCUT2D eigenvalue weighted by Crippen LogP contribution is 2.63. The summed E-state index contributed by atoms with van der Waals surface area (Å²) in [5, 5.41) is 13.3. The molecule has 0 N–H and O–H groups in total. The predicted octanol–water partition coefficient (Wildman–Crippen LogP) is 7.02. The van der Waals surface area contributed by atoms with E-state index in [4.69, 9.17) is 0 Å². The number of allylic oxidation sites excluding steroid dienone is 3. The third-order valence-corrected chi connectivity index (χ3v) is 8.32. The summed E-state index contributed by atoms with van der Waals surface area (Å²) in [5.74, 6) is 0.441. The summed E-state index contributed by atoms with van der Waals surface area (Å²) in [6.45, 7) is 11.1. The summed E-state index contributed by atoms with van der Waals surface area (Å²) < 4.78 is 0. The van der Waals surface area contributed by atoms with Gasteiger partial charge in [-0.2, -0.15) is 0 Å². The van der Waals surface area contributed by atoms with E-state index in [9.17, 15) is 10.1 Å². The van der Waals surface area contributed by atoms with E-state index in [1.165, 1.54) is 11.3 Å². The maximum absolute atomic E-state index is 11.7. The second kappa shape index (κ2) is 7.02. The van der Waals surface area contributed by atoms with Crippen molar-refractivity contribution in [2.75, 3.05) is 7.05 Å². The summed E-state index contributed by atoms with van der Waals surface area (Å²) in [7, 11) is 2.17. The van der Waals surface area contributed by atoms with E-state index in [2.05, 4.69) is 70.9 Å². The van der Waals surface area contributed by atoms with Crippen LogP contribution in [0.3, 0.4) is 0 Å². The van der Waals surface area contributed by atoms with Gasteiger partial charge in [-0.3, -0.25) is 10.1 Å². The highest BCUT2D eigenvalue weighted by atomic mass is 32.2. The Hall–Kier alpha value is -2.53. The van der Waals surface area contributed by atoms with Gasteiger partial charge in [0.2, 0.25) is 0 Å². The van der Waals surface area contributed by atoms with Gasteiger partial charge >= 0.3 is 0 Å². The number of likely N-dealkylation sites (N-methyl/N-ethyl adjacent to an activating group) is 1. The first-order valence-electron chi connectivity index (χ1n) is 10.3. The van der Waals surface area contributed by atoms with Gasteiger partial charge in [-0.1, -0.05) is 75.9 Å². The number of benzene rings is 2. The van der Waals surface area contributed by atoms with Crippen molar-refractivity contribution in [3.8, 4) is 0 Å². The van der Waals surface area contributed by atoms with Crippen LogP contribution in [0, 0.1) is 21.4 Å². The van der Waals surface area contributed by atoms with Crippen LogP contribution in [0.1, 0.15) is 40.2 Å². The second-order valence-corrected chi connectivity index (χ2v) is 10.2. The fraction of sp³-hybridized carbons (Fsp3) is 0.360. The van der Waals surface area contributed by atoms with Crippen LogP contribution in [0.4, 0.5) is 5.69 Å². The summed E-state index contributed by atoms with van der Waals surface area (Å²) in [6, 6.07) is 9.41. The third kappa shape index (κ3) is 2.75. The number of fused-ring (bicyclic) bond motifs is 3. The van der Waals surface area contributed by atoms with Gasteiger partial charge in [-0.25, -0.2) is 0 Å². The SMILES string of the molecule is C/C=C1\C(=C/C(C)C)N(C)C2(C=Cc3cc([N+](=O)[O-])c4ccccc4c3S2)C1(C)C. The molecule has 156 valence electrons. The molecule has 2 aliphatic rings. The lowest BCUT2D eigenvalue weighted by Crippen LogP contribution is -2.46. The lowest BCUT2D eigenvalue weighted by Gasteiger charge is -2.45. The minimum Gasteiger partial charge on any atom is -0.356 e. The molecule has 0 bridgehead atoms. The van der Waals surface area contributed by atoms with Crippen molar-refractivity contribution in [3.05, 3.63) is 75.5 Å². The molecule has 5 heteroatoms. The smallest absolute Gasteiger partial charge is 0.277 e. The third-order valence-electron chi connectivity index (χ3n) is 6.43.